The summed E-state index contributed by atoms with van der Waals surface area (Å²) in [6.07, 6.45) is 3.38. The molecule has 0 unspecified atom stereocenters. The van der Waals surface area contributed by atoms with Crippen molar-refractivity contribution in [3.05, 3.63) is 60.4 Å². The van der Waals surface area contributed by atoms with Crippen LogP contribution in [0.15, 0.2) is 59.8 Å². The summed E-state index contributed by atoms with van der Waals surface area (Å²) in [7, 11) is -3.60. The van der Waals surface area contributed by atoms with Gasteiger partial charge in [-0.05, 0) is 29.3 Å². The molecule has 154 valence electrons. The molecule has 2 aliphatic rings. The second-order valence-corrected chi connectivity index (χ2v) is 9.38. The molecule has 2 bridgehead atoms. The number of piperazine rings is 1. The van der Waals surface area contributed by atoms with E-state index in [0.29, 0.717) is 30.4 Å². The first kappa shape index (κ1) is 18.9. The Labute approximate surface area is 173 Å². The molecule has 2 saturated heterocycles. The zero-order valence-corrected chi connectivity index (χ0v) is 16.7. The highest BCUT2D eigenvalue weighted by Gasteiger charge is 2.49. The molecule has 2 aliphatic heterocycles. The van der Waals surface area contributed by atoms with Crippen molar-refractivity contribution in [1.29, 1.82) is 0 Å². The van der Waals surface area contributed by atoms with Gasteiger partial charge in [0, 0.05) is 37.6 Å². The largest absolute Gasteiger partial charge is 0.335 e. The second kappa shape index (κ2) is 7.01. The van der Waals surface area contributed by atoms with E-state index in [0.717, 1.165) is 10.8 Å². The van der Waals surface area contributed by atoms with Crippen molar-refractivity contribution >= 4 is 32.7 Å². The molecule has 2 atom stereocenters. The first-order valence-electron chi connectivity index (χ1n) is 9.51. The molecule has 3 aromatic rings. The number of carbonyl (C=O) groups excluding carboxylic acids is 1. The van der Waals surface area contributed by atoms with Crippen molar-refractivity contribution in [2.45, 2.75) is 23.4 Å². The van der Waals surface area contributed by atoms with Crippen LogP contribution >= 0.6 is 0 Å². The number of nitrogens with zero attached hydrogens (tertiary/aromatic N) is 4. The molecule has 0 spiro atoms. The minimum absolute atomic E-state index is 0.0252. The van der Waals surface area contributed by atoms with Gasteiger partial charge in [0.2, 0.25) is 16.0 Å². The van der Waals surface area contributed by atoms with E-state index in [2.05, 4.69) is 9.97 Å². The van der Waals surface area contributed by atoms with E-state index in [-0.39, 0.29) is 17.6 Å². The molecule has 5 rings (SSSR count). The number of amides is 1. The minimum atomic E-state index is -3.60. The maximum atomic E-state index is 13.3. The fourth-order valence-electron chi connectivity index (χ4n) is 4.28. The number of carbonyl (C=O) groups is 1. The molecular weight excluding hydrogens is 406 g/mol. The summed E-state index contributed by atoms with van der Waals surface area (Å²) in [5.74, 6) is -0.239. The first-order valence-corrected chi connectivity index (χ1v) is 10.9. The number of hydrogen-bond acceptors (Lipinski definition) is 7. The van der Waals surface area contributed by atoms with Gasteiger partial charge in [-0.3, -0.25) is 10.0 Å². The van der Waals surface area contributed by atoms with Gasteiger partial charge in [-0.15, -0.1) is 0 Å². The lowest BCUT2D eigenvalue weighted by Gasteiger charge is -2.33. The fourth-order valence-corrected chi connectivity index (χ4v) is 5.98. The number of aromatic nitrogens is 2. The number of benzene rings is 2. The van der Waals surface area contributed by atoms with Crippen LogP contribution in [0.25, 0.3) is 10.8 Å². The third-order valence-corrected chi connectivity index (χ3v) is 7.69. The van der Waals surface area contributed by atoms with Gasteiger partial charge in [-0.25, -0.2) is 23.9 Å². The van der Waals surface area contributed by atoms with Crippen LogP contribution in [0.4, 0.5) is 5.95 Å². The number of fused-ring (bicyclic) bond motifs is 3. The van der Waals surface area contributed by atoms with Crippen molar-refractivity contribution in [1.82, 2.24) is 19.8 Å². The minimum Gasteiger partial charge on any atom is -0.335 e. The number of sulfonamides is 1. The molecule has 0 radical (unpaired) electrons. The van der Waals surface area contributed by atoms with Gasteiger partial charge in [0.15, 0.2) is 0 Å². The third-order valence-electron chi connectivity index (χ3n) is 5.78. The molecule has 1 amide bonds. The smallest absolute Gasteiger partial charge is 0.277 e. The molecule has 0 aliphatic carbocycles. The highest BCUT2D eigenvalue weighted by molar-refractivity contribution is 7.89. The van der Waals surface area contributed by atoms with Crippen molar-refractivity contribution < 1.29 is 18.4 Å². The fraction of sp³-hybridized carbons (Fsp3) is 0.250. The molecule has 10 heteroatoms. The maximum Gasteiger partial charge on any atom is 0.277 e. The van der Waals surface area contributed by atoms with Crippen LogP contribution in [0.1, 0.15) is 16.8 Å². The molecule has 0 saturated carbocycles. The van der Waals surface area contributed by atoms with Crippen LogP contribution in [-0.2, 0) is 10.0 Å². The van der Waals surface area contributed by atoms with Gasteiger partial charge in [0.25, 0.3) is 5.91 Å². The van der Waals surface area contributed by atoms with Gasteiger partial charge in [0.05, 0.1) is 10.5 Å². The molecular formula is C20H19N5O4S. The average Bonchev–Trinajstić information content (AvgIpc) is 3.40. The van der Waals surface area contributed by atoms with Gasteiger partial charge < -0.3 is 4.90 Å². The Bertz CT molecular complexity index is 1230. The number of hydrogen-bond donors (Lipinski definition) is 2. The summed E-state index contributed by atoms with van der Waals surface area (Å²) in [6.45, 7) is 0.852. The van der Waals surface area contributed by atoms with Gasteiger partial charge in [-0.1, -0.05) is 30.3 Å². The lowest BCUT2D eigenvalue weighted by Crippen LogP contribution is -2.49. The van der Waals surface area contributed by atoms with Gasteiger partial charge in [0.1, 0.15) is 0 Å². The molecule has 2 fully saturated rings. The normalized spacial score (nSPS) is 21.3. The highest BCUT2D eigenvalue weighted by atomic mass is 32.2. The molecule has 2 N–H and O–H groups in total. The maximum absolute atomic E-state index is 13.3. The van der Waals surface area contributed by atoms with E-state index >= 15 is 0 Å². The Morgan fingerprint density at radius 3 is 2.43 bits per heavy atom. The summed E-state index contributed by atoms with van der Waals surface area (Å²) >= 11 is 0. The summed E-state index contributed by atoms with van der Waals surface area (Å²) < 4.78 is 28.1. The zero-order valence-electron chi connectivity index (χ0n) is 15.8. The summed E-state index contributed by atoms with van der Waals surface area (Å²) in [4.78, 5) is 22.1. The number of rotatable bonds is 4. The second-order valence-electron chi connectivity index (χ2n) is 7.49. The summed E-state index contributed by atoms with van der Waals surface area (Å²) in [5, 5.41) is 10.6. The molecule has 30 heavy (non-hydrogen) atoms. The summed E-state index contributed by atoms with van der Waals surface area (Å²) in [6, 6.07) is 12.7. The zero-order chi connectivity index (χ0) is 20.9. The Balaban J connectivity index is 1.36. The molecule has 3 heterocycles. The van der Waals surface area contributed by atoms with Crippen LogP contribution < -0.4 is 10.4 Å². The van der Waals surface area contributed by atoms with Gasteiger partial charge >= 0.3 is 0 Å². The Morgan fingerprint density at radius 2 is 1.77 bits per heavy atom. The van der Waals surface area contributed by atoms with Crippen LogP contribution in [0, 0.1) is 0 Å². The van der Waals surface area contributed by atoms with Crippen LogP contribution in [0.5, 0.6) is 0 Å². The number of anilines is 1. The van der Waals surface area contributed by atoms with E-state index in [4.69, 9.17) is 5.21 Å². The lowest BCUT2D eigenvalue weighted by atomic mass is 10.1. The predicted octanol–water partition coefficient (Wildman–Crippen LogP) is 1.40. The third kappa shape index (κ3) is 3.00. The van der Waals surface area contributed by atoms with Crippen LogP contribution in [0.3, 0.4) is 0 Å². The van der Waals surface area contributed by atoms with Crippen LogP contribution in [0.2, 0.25) is 0 Å². The van der Waals surface area contributed by atoms with Crippen molar-refractivity contribution in [3.8, 4) is 0 Å². The van der Waals surface area contributed by atoms with E-state index in [1.165, 1.54) is 12.4 Å². The van der Waals surface area contributed by atoms with Crippen molar-refractivity contribution in [2.24, 2.45) is 0 Å². The Morgan fingerprint density at radius 1 is 1.03 bits per heavy atom. The highest BCUT2D eigenvalue weighted by Crippen LogP contribution is 2.36. The number of nitrogens with one attached hydrogen (secondary N) is 1. The lowest BCUT2D eigenvalue weighted by molar-refractivity contribution is 0.0705. The topological polar surface area (TPSA) is 116 Å². The molecule has 2 aromatic carbocycles. The average molecular weight is 425 g/mol. The van der Waals surface area contributed by atoms with Crippen molar-refractivity contribution in [2.75, 3.05) is 18.0 Å². The predicted molar refractivity (Wildman–Crippen MR) is 109 cm³/mol. The quantitative estimate of drug-likeness (QED) is 0.479. The van der Waals surface area contributed by atoms with E-state index in [9.17, 15) is 13.2 Å². The molecule has 1 aromatic heterocycles. The first-order chi connectivity index (χ1) is 14.5. The Kier molecular flexibility index (Phi) is 4.42. The molecule has 9 nitrogen and oxygen atoms in total. The van der Waals surface area contributed by atoms with E-state index in [1.54, 1.807) is 21.9 Å². The number of hydroxylamine groups is 1. The van der Waals surface area contributed by atoms with E-state index < -0.39 is 15.9 Å². The van der Waals surface area contributed by atoms with Crippen LogP contribution in [-0.4, -0.2) is 59.0 Å². The van der Waals surface area contributed by atoms with E-state index in [1.807, 2.05) is 35.2 Å². The standard InChI is InChI=1S/C20H19N5O4S/c26-19(23-27)15-9-21-20(22-10-15)24-11-17-8-16(24)12-25(17)30(28,29)18-6-5-13-3-1-2-4-14(13)7-18/h1-7,9-10,16-17,27H,8,11-12H2,(H,23,26)/t16-,17-/m0/s1. The van der Waals surface area contributed by atoms with Crippen molar-refractivity contribution in [3.63, 3.8) is 0 Å². The summed E-state index contributed by atoms with van der Waals surface area (Å²) in [5.41, 5.74) is 1.68. The Hall–Kier alpha value is -3.08. The SMILES string of the molecule is O=C(NO)c1cnc(N2C[C@@H]3C[C@H]2CN3S(=O)(=O)c2ccc3ccccc3c2)nc1. The van der Waals surface area contributed by atoms with Gasteiger partial charge in [-0.2, -0.15) is 4.31 Å². The monoisotopic (exact) mass is 425 g/mol.